The van der Waals surface area contributed by atoms with Crippen LogP contribution < -0.4 is 10.6 Å². The van der Waals surface area contributed by atoms with Gasteiger partial charge in [0, 0.05) is 37.9 Å². The molecule has 0 atom stereocenters. The average molecular weight is 329 g/mol. The Morgan fingerprint density at radius 1 is 1.08 bits per heavy atom. The summed E-state index contributed by atoms with van der Waals surface area (Å²) in [5.41, 5.74) is 9.59. The van der Waals surface area contributed by atoms with Crippen molar-refractivity contribution in [2.24, 2.45) is 0 Å². The number of aromatic nitrogens is 2. The lowest BCUT2D eigenvalue weighted by atomic mass is 9.93. The zero-order valence-electron chi connectivity index (χ0n) is 14.4. The zero-order valence-corrected chi connectivity index (χ0v) is 14.4. The van der Waals surface area contributed by atoms with Crippen LogP contribution in [0.15, 0.2) is 18.2 Å². The summed E-state index contributed by atoms with van der Waals surface area (Å²) in [4.78, 5) is 9.36. The number of aliphatic hydroxyl groups excluding tert-OH is 1. The van der Waals surface area contributed by atoms with Crippen molar-refractivity contribution in [3.05, 3.63) is 18.2 Å². The molecule has 0 radical (unpaired) electrons. The molecule has 2 heterocycles. The molecule has 1 aliphatic carbocycles. The molecular formula is C18H27N5O. The number of rotatable bonds is 2. The molecule has 1 aromatic heterocycles. The third kappa shape index (κ3) is 2.84. The molecule has 2 fully saturated rings. The van der Waals surface area contributed by atoms with Crippen molar-refractivity contribution in [3.63, 3.8) is 0 Å². The number of nitrogens with zero attached hydrogens (tertiary/aromatic N) is 4. The van der Waals surface area contributed by atoms with Crippen LogP contribution in [0.3, 0.4) is 0 Å². The Morgan fingerprint density at radius 2 is 1.79 bits per heavy atom. The normalized spacial score (nSPS) is 26.2. The molecule has 6 nitrogen and oxygen atoms in total. The smallest absolute Gasteiger partial charge is 0.201 e. The predicted molar refractivity (Wildman–Crippen MR) is 97.4 cm³/mol. The molecule has 2 aromatic rings. The number of nitrogens with two attached hydrogens (primary N) is 1. The topological polar surface area (TPSA) is 70.5 Å². The highest BCUT2D eigenvalue weighted by atomic mass is 16.3. The molecule has 4 rings (SSSR count). The van der Waals surface area contributed by atoms with Gasteiger partial charge in [0.15, 0.2) is 0 Å². The summed E-state index contributed by atoms with van der Waals surface area (Å²) in [6.07, 6.45) is 3.48. The van der Waals surface area contributed by atoms with Crippen molar-refractivity contribution in [2.45, 2.75) is 37.8 Å². The van der Waals surface area contributed by atoms with Crippen molar-refractivity contribution < 1.29 is 5.11 Å². The van der Waals surface area contributed by atoms with E-state index in [1.54, 1.807) is 0 Å². The Morgan fingerprint density at radius 3 is 2.50 bits per heavy atom. The Labute approximate surface area is 142 Å². The minimum atomic E-state index is -0.154. The number of fused-ring (bicyclic) bond motifs is 1. The second-order valence-electron chi connectivity index (χ2n) is 7.27. The van der Waals surface area contributed by atoms with Gasteiger partial charge in [-0.25, -0.2) is 4.98 Å². The van der Waals surface area contributed by atoms with Gasteiger partial charge < -0.3 is 25.2 Å². The van der Waals surface area contributed by atoms with Crippen LogP contribution in [0.4, 0.5) is 11.6 Å². The third-order valence-corrected chi connectivity index (χ3v) is 5.60. The Bertz CT molecular complexity index is 712. The summed E-state index contributed by atoms with van der Waals surface area (Å²) in [6.45, 7) is 4.31. The van der Waals surface area contributed by atoms with Gasteiger partial charge >= 0.3 is 0 Å². The molecule has 1 saturated heterocycles. The van der Waals surface area contributed by atoms with E-state index in [4.69, 9.17) is 5.73 Å². The molecule has 2 aliphatic rings. The fraction of sp³-hybridized carbons (Fsp3) is 0.611. The number of hydrogen-bond donors (Lipinski definition) is 2. The second-order valence-corrected chi connectivity index (χ2v) is 7.27. The first-order valence-corrected chi connectivity index (χ1v) is 9.01. The lowest BCUT2D eigenvalue weighted by Gasteiger charge is -2.34. The summed E-state index contributed by atoms with van der Waals surface area (Å²) in [5.74, 6) is 0.599. The van der Waals surface area contributed by atoms with E-state index < -0.39 is 0 Å². The summed E-state index contributed by atoms with van der Waals surface area (Å²) in [6, 6.07) is 6.85. The van der Waals surface area contributed by atoms with E-state index in [-0.39, 0.29) is 6.10 Å². The van der Waals surface area contributed by atoms with Crippen molar-refractivity contribution in [1.29, 1.82) is 0 Å². The number of hydrogen-bond acceptors (Lipinski definition) is 5. The van der Waals surface area contributed by atoms with Crippen LogP contribution in [0.1, 0.15) is 31.7 Å². The third-order valence-electron chi connectivity index (χ3n) is 5.60. The van der Waals surface area contributed by atoms with E-state index in [0.717, 1.165) is 62.9 Å². The first-order chi connectivity index (χ1) is 11.6. The number of benzene rings is 1. The predicted octanol–water partition coefficient (Wildman–Crippen LogP) is 1.85. The molecule has 1 aromatic carbocycles. The van der Waals surface area contributed by atoms with E-state index in [0.29, 0.717) is 12.0 Å². The van der Waals surface area contributed by atoms with Crippen LogP contribution in [-0.2, 0) is 0 Å². The maximum Gasteiger partial charge on any atom is 0.201 e. The number of nitrogen functional groups attached to an aromatic ring is 1. The minimum absolute atomic E-state index is 0.154. The van der Waals surface area contributed by atoms with E-state index in [1.807, 2.05) is 0 Å². The van der Waals surface area contributed by atoms with Crippen LogP contribution >= 0.6 is 0 Å². The van der Waals surface area contributed by atoms with Crippen LogP contribution in [0.25, 0.3) is 11.0 Å². The number of likely N-dealkylation sites (N-methyl/N-ethyl adjacent to an activating group) is 1. The van der Waals surface area contributed by atoms with Crippen LogP contribution in [0, 0.1) is 0 Å². The molecule has 24 heavy (non-hydrogen) atoms. The number of anilines is 2. The molecule has 0 spiro atoms. The first-order valence-electron chi connectivity index (χ1n) is 9.01. The van der Waals surface area contributed by atoms with E-state index >= 15 is 0 Å². The molecule has 0 unspecified atom stereocenters. The van der Waals surface area contributed by atoms with E-state index in [2.05, 4.69) is 44.6 Å². The quantitative estimate of drug-likeness (QED) is 0.880. The SMILES string of the molecule is CN1CCN(c2ccc3nc(N)n(C4CCC(O)CC4)c3c2)CC1. The van der Waals surface area contributed by atoms with Crippen LogP contribution in [0.5, 0.6) is 0 Å². The van der Waals surface area contributed by atoms with Crippen LogP contribution in [0.2, 0.25) is 0 Å². The van der Waals surface area contributed by atoms with Crippen molar-refractivity contribution in [2.75, 3.05) is 43.9 Å². The van der Waals surface area contributed by atoms with Gasteiger partial charge in [-0.15, -0.1) is 0 Å². The maximum absolute atomic E-state index is 9.78. The van der Waals surface area contributed by atoms with Gasteiger partial charge in [-0.3, -0.25) is 0 Å². The van der Waals surface area contributed by atoms with Gasteiger partial charge in [-0.1, -0.05) is 0 Å². The van der Waals surface area contributed by atoms with Gasteiger partial charge in [0.2, 0.25) is 5.95 Å². The Balaban J connectivity index is 1.66. The molecule has 1 aliphatic heterocycles. The highest BCUT2D eigenvalue weighted by Crippen LogP contribution is 2.34. The lowest BCUT2D eigenvalue weighted by Crippen LogP contribution is -2.44. The van der Waals surface area contributed by atoms with Gasteiger partial charge in [0.05, 0.1) is 17.1 Å². The number of aliphatic hydroxyl groups is 1. The molecule has 0 amide bonds. The standard InChI is InChI=1S/C18H27N5O/c1-21-8-10-22(11-9-21)14-4-7-16-17(12-14)23(18(19)20-16)13-2-5-15(24)6-3-13/h4,7,12-13,15,24H,2-3,5-6,8-11H2,1H3,(H2,19,20). The highest BCUT2D eigenvalue weighted by Gasteiger charge is 2.24. The molecule has 130 valence electrons. The molecule has 3 N–H and O–H groups in total. The highest BCUT2D eigenvalue weighted by molar-refractivity contribution is 5.82. The van der Waals surface area contributed by atoms with Gasteiger partial charge in [-0.2, -0.15) is 0 Å². The monoisotopic (exact) mass is 329 g/mol. The van der Waals surface area contributed by atoms with E-state index in [9.17, 15) is 5.11 Å². The zero-order chi connectivity index (χ0) is 16.7. The summed E-state index contributed by atoms with van der Waals surface area (Å²) in [7, 11) is 2.17. The van der Waals surface area contributed by atoms with Crippen molar-refractivity contribution in [1.82, 2.24) is 14.5 Å². The van der Waals surface area contributed by atoms with Gasteiger partial charge in [0.25, 0.3) is 0 Å². The summed E-state index contributed by atoms with van der Waals surface area (Å²) in [5, 5.41) is 9.78. The molecule has 0 bridgehead atoms. The van der Waals surface area contributed by atoms with Crippen LogP contribution in [-0.4, -0.2) is 58.9 Å². The fourth-order valence-electron chi connectivity index (χ4n) is 4.06. The Hall–Kier alpha value is -1.79. The molecule has 1 saturated carbocycles. The van der Waals surface area contributed by atoms with Gasteiger partial charge in [-0.05, 0) is 50.9 Å². The lowest BCUT2D eigenvalue weighted by molar-refractivity contribution is 0.112. The first kappa shape index (κ1) is 15.7. The fourth-order valence-corrected chi connectivity index (χ4v) is 4.06. The van der Waals surface area contributed by atoms with Crippen molar-refractivity contribution in [3.8, 4) is 0 Å². The maximum atomic E-state index is 9.78. The number of imidazole rings is 1. The molecule has 6 heteroatoms. The van der Waals surface area contributed by atoms with E-state index in [1.165, 1.54) is 5.69 Å². The summed E-state index contributed by atoms with van der Waals surface area (Å²) >= 11 is 0. The molecular weight excluding hydrogens is 302 g/mol. The van der Waals surface area contributed by atoms with Crippen molar-refractivity contribution >= 4 is 22.7 Å². The minimum Gasteiger partial charge on any atom is -0.393 e. The average Bonchev–Trinajstić information content (AvgIpc) is 2.91. The van der Waals surface area contributed by atoms with Gasteiger partial charge in [0.1, 0.15) is 0 Å². The largest absolute Gasteiger partial charge is 0.393 e. The Kier molecular flexibility index (Phi) is 4.10. The number of piperazine rings is 1. The second kappa shape index (κ2) is 6.26. The summed E-state index contributed by atoms with van der Waals surface area (Å²) < 4.78 is 2.20.